The van der Waals surface area contributed by atoms with E-state index in [1.54, 1.807) is 0 Å². The van der Waals surface area contributed by atoms with Crippen molar-refractivity contribution in [1.82, 2.24) is 5.32 Å². The molecule has 2 heteroatoms. The minimum Gasteiger partial charge on any atom is -0.493 e. The van der Waals surface area contributed by atoms with E-state index in [4.69, 9.17) is 4.74 Å². The molecule has 0 bridgehead atoms. The molecule has 0 heterocycles. The zero-order chi connectivity index (χ0) is 11.1. The molecule has 1 aromatic carbocycles. The van der Waals surface area contributed by atoms with E-state index in [2.05, 4.69) is 31.3 Å². The maximum absolute atomic E-state index is 5.73. The van der Waals surface area contributed by atoms with Crippen LogP contribution >= 0.6 is 0 Å². The molecule has 1 N–H and O–H groups in total. The van der Waals surface area contributed by atoms with Gasteiger partial charge in [-0.3, -0.25) is 0 Å². The molecule has 2 nitrogen and oxygen atoms in total. The van der Waals surface area contributed by atoms with Crippen LogP contribution in [0.2, 0.25) is 0 Å². The van der Waals surface area contributed by atoms with Crippen LogP contribution in [-0.4, -0.2) is 13.7 Å². The van der Waals surface area contributed by atoms with Gasteiger partial charge in [-0.05, 0) is 26.0 Å². The third kappa shape index (κ3) is 3.24. The predicted molar refractivity (Wildman–Crippen MR) is 64.3 cm³/mol. The maximum atomic E-state index is 5.73. The second kappa shape index (κ2) is 6.46. The fraction of sp³-hybridized carbons (Fsp3) is 0.538. The molecule has 1 unspecified atom stereocenters. The van der Waals surface area contributed by atoms with E-state index in [0.717, 1.165) is 25.2 Å². The smallest absolute Gasteiger partial charge is 0.124 e. The van der Waals surface area contributed by atoms with E-state index in [1.165, 1.54) is 5.56 Å². The zero-order valence-electron chi connectivity index (χ0n) is 9.92. The van der Waals surface area contributed by atoms with Gasteiger partial charge < -0.3 is 10.1 Å². The summed E-state index contributed by atoms with van der Waals surface area (Å²) in [6, 6.07) is 8.66. The lowest BCUT2D eigenvalue weighted by Gasteiger charge is -2.18. The molecule has 0 saturated carbocycles. The van der Waals surface area contributed by atoms with Gasteiger partial charge in [0.1, 0.15) is 5.75 Å². The maximum Gasteiger partial charge on any atom is 0.124 e. The molecular weight excluding hydrogens is 186 g/mol. The van der Waals surface area contributed by atoms with Crippen molar-refractivity contribution < 1.29 is 4.74 Å². The van der Waals surface area contributed by atoms with E-state index < -0.39 is 0 Å². The first-order valence-corrected chi connectivity index (χ1v) is 5.72. The predicted octanol–water partition coefficient (Wildman–Crippen LogP) is 3.15. The zero-order valence-corrected chi connectivity index (χ0v) is 9.92. The highest BCUT2D eigenvalue weighted by Crippen LogP contribution is 2.26. The largest absolute Gasteiger partial charge is 0.493 e. The van der Waals surface area contributed by atoms with Crippen LogP contribution in [0.5, 0.6) is 5.75 Å². The van der Waals surface area contributed by atoms with Gasteiger partial charge >= 0.3 is 0 Å². The second-order valence-electron chi connectivity index (χ2n) is 3.64. The van der Waals surface area contributed by atoms with Crippen LogP contribution in [-0.2, 0) is 0 Å². The van der Waals surface area contributed by atoms with Crippen molar-refractivity contribution in [2.24, 2.45) is 0 Å². The molecule has 0 aliphatic rings. The number of para-hydroxylation sites is 1. The Morgan fingerprint density at radius 3 is 2.60 bits per heavy atom. The summed E-state index contributed by atoms with van der Waals surface area (Å²) < 4.78 is 5.73. The molecule has 0 saturated heterocycles. The van der Waals surface area contributed by atoms with Crippen molar-refractivity contribution in [3.63, 3.8) is 0 Å². The molecule has 0 spiro atoms. The molecule has 1 aromatic rings. The Labute approximate surface area is 92.6 Å². The lowest BCUT2D eigenvalue weighted by atomic mass is 10.0. The number of nitrogens with one attached hydrogen (secondary N) is 1. The summed E-state index contributed by atoms with van der Waals surface area (Å²) in [7, 11) is 1.99. The molecule has 0 aliphatic carbocycles. The quantitative estimate of drug-likeness (QED) is 0.773. The Morgan fingerprint density at radius 1 is 1.27 bits per heavy atom. The monoisotopic (exact) mass is 207 g/mol. The third-order valence-corrected chi connectivity index (χ3v) is 2.51. The van der Waals surface area contributed by atoms with Gasteiger partial charge in [0.25, 0.3) is 0 Å². The molecule has 84 valence electrons. The molecule has 15 heavy (non-hydrogen) atoms. The van der Waals surface area contributed by atoms with Crippen LogP contribution in [0.15, 0.2) is 24.3 Å². The molecule has 0 aromatic heterocycles. The van der Waals surface area contributed by atoms with Crippen molar-refractivity contribution in [3.8, 4) is 5.75 Å². The van der Waals surface area contributed by atoms with Crippen molar-refractivity contribution in [1.29, 1.82) is 0 Å². The Bertz CT molecular complexity index is 282. The van der Waals surface area contributed by atoms with Crippen molar-refractivity contribution in [2.45, 2.75) is 32.7 Å². The average Bonchev–Trinajstić information content (AvgIpc) is 2.29. The highest BCUT2D eigenvalue weighted by atomic mass is 16.5. The van der Waals surface area contributed by atoms with Crippen LogP contribution in [0.4, 0.5) is 0 Å². The summed E-state index contributed by atoms with van der Waals surface area (Å²) in [5.41, 5.74) is 1.26. The normalized spacial score (nSPS) is 12.5. The van der Waals surface area contributed by atoms with Crippen LogP contribution in [0.25, 0.3) is 0 Å². The van der Waals surface area contributed by atoms with Gasteiger partial charge in [0.15, 0.2) is 0 Å². The topological polar surface area (TPSA) is 21.3 Å². The highest BCUT2D eigenvalue weighted by Gasteiger charge is 2.11. The van der Waals surface area contributed by atoms with Gasteiger partial charge in [-0.1, -0.05) is 32.0 Å². The molecule has 1 rings (SSSR count). The molecule has 1 atom stereocenters. The number of hydrogen-bond acceptors (Lipinski definition) is 2. The standard InChI is InChI=1S/C13H21NO/c1-4-10-15-13-9-7-6-8-11(13)12(5-2)14-3/h6-9,12,14H,4-5,10H2,1-3H3. The Balaban J connectivity index is 2.84. The molecule has 0 radical (unpaired) electrons. The SMILES string of the molecule is CCCOc1ccccc1C(CC)NC. The van der Waals surface area contributed by atoms with Gasteiger partial charge in [0.05, 0.1) is 6.61 Å². The van der Waals surface area contributed by atoms with Crippen LogP contribution in [0, 0.1) is 0 Å². The van der Waals surface area contributed by atoms with Crippen molar-refractivity contribution in [2.75, 3.05) is 13.7 Å². The van der Waals surface area contributed by atoms with Crippen LogP contribution in [0.3, 0.4) is 0 Å². The minimum absolute atomic E-state index is 0.387. The first kappa shape index (κ1) is 12.1. The van der Waals surface area contributed by atoms with E-state index in [9.17, 15) is 0 Å². The molecular formula is C13H21NO. The van der Waals surface area contributed by atoms with E-state index >= 15 is 0 Å². The van der Waals surface area contributed by atoms with E-state index in [-0.39, 0.29) is 0 Å². The molecule has 0 fully saturated rings. The van der Waals surface area contributed by atoms with Crippen molar-refractivity contribution >= 4 is 0 Å². The first-order valence-electron chi connectivity index (χ1n) is 5.72. The van der Waals surface area contributed by atoms with Gasteiger partial charge in [0, 0.05) is 11.6 Å². The van der Waals surface area contributed by atoms with E-state index in [0.29, 0.717) is 6.04 Å². The summed E-state index contributed by atoms with van der Waals surface area (Å²) in [4.78, 5) is 0. The van der Waals surface area contributed by atoms with Gasteiger partial charge in [0.2, 0.25) is 0 Å². The van der Waals surface area contributed by atoms with Crippen LogP contribution < -0.4 is 10.1 Å². The number of benzene rings is 1. The molecule has 0 aliphatic heterocycles. The minimum atomic E-state index is 0.387. The van der Waals surface area contributed by atoms with Gasteiger partial charge in [-0.25, -0.2) is 0 Å². The number of rotatable bonds is 6. The average molecular weight is 207 g/mol. The lowest BCUT2D eigenvalue weighted by Crippen LogP contribution is -2.16. The van der Waals surface area contributed by atoms with Crippen LogP contribution in [0.1, 0.15) is 38.3 Å². The summed E-state index contributed by atoms with van der Waals surface area (Å²) in [6.45, 7) is 5.09. The lowest BCUT2D eigenvalue weighted by molar-refractivity contribution is 0.310. The Hall–Kier alpha value is -1.02. The molecule has 0 amide bonds. The Kier molecular flexibility index (Phi) is 5.19. The summed E-state index contributed by atoms with van der Waals surface area (Å²) >= 11 is 0. The fourth-order valence-electron chi connectivity index (χ4n) is 1.69. The highest BCUT2D eigenvalue weighted by molar-refractivity contribution is 5.35. The summed E-state index contributed by atoms with van der Waals surface area (Å²) in [5.74, 6) is 1.01. The fourth-order valence-corrected chi connectivity index (χ4v) is 1.69. The third-order valence-electron chi connectivity index (χ3n) is 2.51. The number of hydrogen-bond donors (Lipinski definition) is 1. The van der Waals surface area contributed by atoms with Crippen molar-refractivity contribution in [3.05, 3.63) is 29.8 Å². The summed E-state index contributed by atoms with van der Waals surface area (Å²) in [5, 5.41) is 3.30. The van der Waals surface area contributed by atoms with Gasteiger partial charge in [-0.15, -0.1) is 0 Å². The number of ether oxygens (including phenoxy) is 1. The Morgan fingerprint density at radius 2 is 2.00 bits per heavy atom. The first-order chi connectivity index (χ1) is 7.33. The van der Waals surface area contributed by atoms with Gasteiger partial charge in [-0.2, -0.15) is 0 Å². The van der Waals surface area contributed by atoms with E-state index in [1.807, 2.05) is 19.2 Å². The second-order valence-corrected chi connectivity index (χ2v) is 3.64. The summed E-state index contributed by atoms with van der Waals surface area (Å²) in [6.07, 6.45) is 2.12.